The molecule has 0 saturated heterocycles. The van der Waals surface area contributed by atoms with Gasteiger partial charge in [0.25, 0.3) is 0 Å². The summed E-state index contributed by atoms with van der Waals surface area (Å²) in [5.74, 6) is -0.397. The highest BCUT2D eigenvalue weighted by Gasteiger charge is 2.40. The number of esters is 1. The molecule has 0 radical (unpaired) electrons. The normalized spacial score (nSPS) is 22.7. The van der Waals surface area contributed by atoms with Crippen molar-refractivity contribution in [1.29, 1.82) is 0 Å². The summed E-state index contributed by atoms with van der Waals surface area (Å²) in [6.07, 6.45) is 3.00. The summed E-state index contributed by atoms with van der Waals surface area (Å²) in [4.78, 5) is 26.3. The minimum atomic E-state index is -0.847. The standard InChI is InChI=1S/C27H34O3/c1-18(2)23-16-15-19(3)17-24(23)30-27(29)25(20(4)28)26(21-11-7-5-8-12-21)22-13-9-6-10-14-22/h5-14,18-19,23-26H,15-17H2,1-4H3/t19-,23+,24-,25+/m1/s1. The second kappa shape index (κ2) is 10.1. The van der Waals surface area contributed by atoms with E-state index in [2.05, 4.69) is 20.8 Å². The molecule has 4 atom stereocenters. The molecule has 30 heavy (non-hydrogen) atoms. The number of ether oxygens (including phenoxy) is 1. The monoisotopic (exact) mass is 406 g/mol. The number of rotatable bonds is 7. The van der Waals surface area contributed by atoms with Crippen molar-refractivity contribution in [3.63, 3.8) is 0 Å². The molecular formula is C27H34O3. The first-order valence-electron chi connectivity index (χ1n) is 11.2. The van der Waals surface area contributed by atoms with Crippen molar-refractivity contribution >= 4 is 11.8 Å². The maximum Gasteiger partial charge on any atom is 0.317 e. The van der Waals surface area contributed by atoms with Gasteiger partial charge in [-0.15, -0.1) is 0 Å². The van der Waals surface area contributed by atoms with Crippen LogP contribution in [0.4, 0.5) is 0 Å². The highest BCUT2D eigenvalue weighted by Crippen LogP contribution is 2.38. The molecule has 2 aromatic rings. The maximum atomic E-state index is 13.5. The van der Waals surface area contributed by atoms with Crippen LogP contribution in [0.15, 0.2) is 60.7 Å². The van der Waals surface area contributed by atoms with Crippen molar-refractivity contribution in [2.24, 2.45) is 23.7 Å². The number of Topliss-reactive ketones (excluding diaryl/α,β-unsaturated/α-hetero) is 1. The van der Waals surface area contributed by atoms with Gasteiger partial charge in [0.2, 0.25) is 0 Å². The van der Waals surface area contributed by atoms with E-state index in [-0.39, 0.29) is 23.8 Å². The number of ketones is 1. The number of hydrogen-bond acceptors (Lipinski definition) is 3. The first kappa shape index (κ1) is 22.3. The largest absolute Gasteiger partial charge is 0.461 e. The first-order valence-corrected chi connectivity index (χ1v) is 11.2. The lowest BCUT2D eigenvalue weighted by molar-refractivity contribution is -0.163. The van der Waals surface area contributed by atoms with Gasteiger partial charge in [-0.2, -0.15) is 0 Å². The van der Waals surface area contributed by atoms with E-state index in [0.717, 1.165) is 24.0 Å². The first-order chi connectivity index (χ1) is 14.4. The number of carbonyl (C=O) groups is 2. The lowest BCUT2D eigenvalue weighted by Crippen LogP contribution is -2.40. The molecule has 1 aliphatic rings. The minimum Gasteiger partial charge on any atom is -0.461 e. The fraction of sp³-hybridized carbons (Fsp3) is 0.481. The molecular weight excluding hydrogens is 372 g/mol. The molecule has 0 aromatic heterocycles. The predicted octanol–water partition coefficient (Wildman–Crippen LogP) is 6.03. The van der Waals surface area contributed by atoms with Crippen LogP contribution in [0.25, 0.3) is 0 Å². The van der Waals surface area contributed by atoms with Crippen molar-refractivity contribution in [3.05, 3.63) is 71.8 Å². The Kier molecular flexibility index (Phi) is 7.47. The quantitative estimate of drug-likeness (QED) is 0.417. The fourth-order valence-corrected chi connectivity index (χ4v) is 4.91. The van der Waals surface area contributed by atoms with Crippen molar-refractivity contribution in [1.82, 2.24) is 0 Å². The number of benzene rings is 2. The average Bonchev–Trinajstić information content (AvgIpc) is 2.72. The van der Waals surface area contributed by atoms with E-state index in [0.29, 0.717) is 17.8 Å². The van der Waals surface area contributed by atoms with Crippen molar-refractivity contribution in [2.75, 3.05) is 0 Å². The van der Waals surface area contributed by atoms with Gasteiger partial charge in [-0.3, -0.25) is 9.59 Å². The van der Waals surface area contributed by atoms with E-state index in [1.54, 1.807) is 0 Å². The second-order valence-corrected chi connectivity index (χ2v) is 9.19. The Morgan fingerprint density at radius 3 is 1.90 bits per heavy atom. The van der Waals surface area contributed by atoms with Crippen LogP contribution in [0.5, 0.6) is 0 Å². The summed E-state index contributed by atoms with van der Waals surface area (Å²) in [6, 6.07) is 19.6. The zero-order chi connectivity index (χ0) is 21.7. The van der Waals surface area contributed by atoms with E-state index in [1.165, 1.54) is 13.3 Å². The molecule has 1 fully saturated rings. The SMILES string of the molecule is CC(=O)[C@H](C(=O)O[C@@H]1C[C@H](C)CC[C@H]1C(C)C)C(c1ccccc1)c1ccccc1. The molecule has 1 saturated carbocycles. The van der Waals surface area contributed by atoms with Gasteiger partial charge in [0.1, 0.15) is 17.8 Å². The molecule has 0 heterocycles. The Morgan fingerprint density at radius 1 is 0.900 bits per heavy atom. The number of hydrogen-bond donors (Lipinski definition) is 0. The molecule has 3 heteroatoms. The van der Waals surface area contributed by atoms with Gasteiger partial charge in [-0.05, 0) is 48.6 Å². The Hall–Kier alpha value is -2.42. The van der Waals surface area contributed by atoms with E-state index in [4.69, 9.17) is 4.74 Å². The Labute approximate surface area is 180 Å². The van der Waals surface area contributed by atoms with Gasteiger partial charge in [0.15, 0.2) is 0 Å². The third-order valence-corrected chi connectivity index (χ3v) is 6.57. The maximum absolute atomic E-state index is 13.5. The molecule has 1 aliphatic carbocycles. The summed E-state index contributed by atoms with van der Waals surface area (Å²) in [5.41, 5.74) is 1.91. The van der Waals surface area contributed by atoms with Crippen molar-refractivity contribution in [3.8, 4) is 0 Å². The predicted molar refractivity (Wildman–Crippen MR) is 120 cm³/mol. The van der Waals surface area contributed by atoms with Gasteiger partial charge >= 0.3 is 5.97 Å². The second-order valence-electron chi connectivity index (χ2n) is 9.19. The molecule has 0 unspecified atom stereocenters. The van der Waals surface area contributed by atoms with Gasteiger partial charge < -0.3 is 4.74 Å². The average molecular weight is 407 g/mol. The molecule has 3 nitrogen and oxygen atoms in total. The molecule has 0 N–H and O–H groups in total. The highest BCUT2D eigenvalue weighted by molar-refractivity contribution is 5.99. The fourth-order valence-electron chi connectivity index (χ4n) is 4.91. The smallest absolute Gasteiger partial charge is 0.317 e. The van der Waals surface area contributed by atoms with Gasteiger partial charge in [0, 0.05) is 5.92 Å². The van der Waals surface area contributed by atoms with Gasteiger partial charge in [0.05, 0.1) is 0 Å². The van der Waals surface area contributed by atoms with E-state index in [1.807, 2.05) is 60.7 Å². The summed E-state index contributed by atoms with van der Waals surface area (Å²) >= 11 is 0. The zero-order valence-electron chi connectivity index (χ0n) is 18.6. The van der Waals surface area contributed by atoms with Crippen molar-refractivity contribution < 1.29 is 14.3 Å². The van der Waals surface area contributed by atoms with Crippen LogP contribution in [0, 0.1) is 23.7 Å². The van der Waals surface area contributed by atoms with E-state index in [9.17, 15) is 9.59 Å². The summed E-state index contributed by atoms with van der Waals surface area (Å²) in [6.45, 7) is 8.12. The van der Waals surface area contributed by atoms with Crippen LogP contribution >= 0.6 is 0 Å². The third-order valence-electron chi connectivity index (χ3n) is 6.57. The molecule has 160 valence electrons. The molecule has 3 rings (SSSR count). The molecule has 2 aromatic carbocycles. The highest BCUT2D eigenvalue weighted by atomic mass is 16.5. The molecule has 0 aliphatic heterocycles. The van der Waals surface area contributed by atoms with Crippen LogP contribution in [-0.4, -0.2) is 17.9 Å². The summed E-state index contributed by atoms with van der Waals surface area (Å²) in [7, 11) is 0. The van der Waals surface area contributed by atoms with Gasteiger partial charge in [-0.1, -0.05) is 87.9 Å². The van der Waals surface area contributed by atoms with Crippen LogP contribution in [0.2, 0.25) is 0 Å². The number of carbonyl (C=O) groups excluding carboxylic acids is 2. The van der Waals surface area contributed by atoms with Crippen molar-refractivity contribution in [2.45, 2.75) is 59.0 Å². The lowest BCUT2D eigenvalue weighted by atomic mass is 9.75. The third kappa shape index (κ3) is 5.19. The van der Waals surface area contributed by atoms with Crippen LogP contribution < -0.4 is 0 Å². The van der Waals surface area contributed by atoms with E-state index >= 15 is 0 Å². The summed E-state index contributed by atoms with van der Waals surface area (Å²) < 4.78 is 6.12. The summed E-state index contributed by atoms with van der Waals surface area (Å²) in [5, 5.41) is 0. The van der Waals surface area contributed by atoms with Crippen LogP contribution in [0.1, 0.15) is 64.0 Å². The van der Waals surface area contributed by atoms with Crippen LogP contribution in [-0.2, 0) is 14.3 Å². The van der Waals surface area contributed by atoms with Gasteiger partial charge in [-0.25, -0.2) is 0 Å². The minimum absolute atomic E-state index is 0.115. The lowest BCUT2D eigenvalue weighted by Gasteiger charge is -2.37. The van der Waals surface area contributed by atoms with E-state index < -0.39 is 5.92 Å². The Balaban J connectivity index is 1.93. The zero-order valence-corrected chi connectivity index (χ0v) is 18.6. The Morgan fingerprint density at radius 2 is 1.43 bits per heavy atom. The topological polar surface area (TPSA) is 43.4 Å². The molecule has 0 bridgehead atoms. The Bertz CT molecular complexity index is 788. The molecule has 0 spiro atoms. The van der Waals surface area contributed by atoms with Crippen LogP contribution in [0.3, 0.4) is 0 Å². The molecule has 0 amide bonds.